The number of ketones is 1. The van der Waals surface area contributed by atoms with E-state index in [0.29, 0.717) is 42.8 Å². The van der Waals surface area contributed by atoms with E-state index in [-0.39, 0.29) is 36.0 Å². The SMILES string of the molecule is COc1cccc2[nH]c(C(=O)N3CC4C5CC5CC4C3C(=O)NC(CC3CCCNC3=O)C(=O)CO)cc12. The Hall–Kier alpha value is -3.40. The topological polar surface area (TPSA) is 141 Å². The minimum atomic E-state index is -0.981. The van der Waals surface area contributed by atoms with E-state index >= 15 is 0 Å². The maximum absolute atomic E-state index is 13.8. The first-order valence-corrected chi connectivity index (χ1v) is 13.6. The van der Waals surface area contributed by atoms with E-state index in [1.807, 2.05) is 18.2 Å². The Morgan fingerprint density at radius 3 is 2.79 bits per heavy atom. The molecule has 1 aromatic heterocycles. The lowest BCUT2D eigenvalue weighted by atomic mass is 9.87. The highest BCUT2D eigenvalue weighted by Crippen LogP contribution is 2.62. The molecule has 2 saturated carbocycles. The number of aliphatic hydroxyl groups is 1. The Morgan fingerprint density at radius 2 is 2.03 bits per heavy atom. The number of aromatic nitrogens is 1. The quantitative estimate of drug-likeness (QED) is 0.411. The predicted molar refractivity (Wildman–Crippen MR) is 137 cm³/mol. The van der Waals surface area contributed by atoms with E-state index in [0.717, 1.165) is 30.2 Å². The van der Waals surface area contributed by atoms with Crippen LogP contribution in [-0.4, -0.2) is 77.4 Å². The lowest BCUT2D eigenvalue weighted by Gasteiger charge is -2.30. The molecule has 10 heteroatoms. The van der Waals surface area contributed by atoms with Gasteiger partial charge in [0.25, 0.3) is 5.91 Å². The van der Waals surface area contributed by atoms with Crippen molar-refractivity contribution in [3.63, 3.8) is 0 Å². The zero-order chi connectivity index (χ0) is 26.6. The lowest BCUT2D eigenvalue weighted by Crippen LogP contribution is -2.54. The van der Waals surface area contributed by atoms with Gasteiger partial charge in [-0.1, -0.05) is 6.07 Å². The highest BCUT2D eigenvalue weighted by Gasteiger charge is 2.62. The van der Waals surface area contributed by atoms with Crippen LogP contribution in [0.4, 0.5) is 0 Å². The number of nitrogens with one attached hydrogen (secondary N) is 3. The molecular formula is C28H34N4O6. The third-order valence-corrected chi connectivity index (χ3v) is 9.19. The molecule has 2 aliphatic carbocycles. The van der Waals surface area contributed by atoms with Crippen molar-refractivity contribution in [3.8, 4) is 5.75 Å². The molecule has 10 nitrogen and oxygen atoms in total. The van der Waals surface area contributed by atoms with E-state index in [1.165, 1.54) is 0 Å². The maximum atomic E-state index is 13.8. The number of Topliss-reactive ketones (excluding diaryl/α,β-unsaturated/α-hetero) is 1. The Bertz CT molecular complexity index is 1290. The van der Waals surface area contributed by atoms with Crippen molar-refractivity contribution in [2.24, 2.45) is 29.6 Å². The molecule has 4 fully saturated rings. The van der Waals surface area contributed by atoms with Crippen molar-refractivity contribution in [1.29, 1.82) is 0 Å². The van der Waals surface area contributed by atoms with Crippen LogP contribution in [-0.2, 0) is 14.4 Å². The summed E-state index contributed by atoms with van der Waals surface area (Å²) in [6, 6.07) is 5.63. The fourth-order valence-corrected chi connectivity index (χ4v) is 7.22. The van der Waals surface area contributed by atoms with E-state index in [1.54, 1.807) is 18.1 Å². The van der Waals surface area contributed by atoms with Crippen molar-refractivity contribution in [1.82, 2.24) is 20.5 Å². The first-order valence-electron chi connectivity index (χ1n) is 13.6. The number of amides is 3. The highest BCUT2D eigenvalue weighted by molar-refractivity contribution is 6.02. The first-order chi connectivity index (χ1) is 18.4. The number of hydrogen-bond acceptors (Lipinski definition) is 6. The molecule has 1 aromatic carbocycles. The number of likely N-dealkylation sites (tertiary alicyclic amines) is 1. The van der Waals surface area contributed by atoms with Gasteiger partial charge in [0, 0.05) is 29.9 Å². The molecule has 0 spiro atoms. The summed E-state index contributed by atoms with van der Waals surface area (Å²) < 4.78 is 5.44. The van der Waals surface area contributed by atoms with Gasteiger partial charge in [0.05, 0.1) is 13.2 Å². The van der Waals surface area contributed by atoms with Gasteiger partial charge in [0.1, 0.15) is 24.1 Å². The third kappa shape index (κ3) is 4.24. The van der Waals surface area contributed by atoms with Crippen LogP contribution in [0.3, 0.4) is 0 Å². The van der Waals surface area contributed by atoms with Crippen LogP contribution < -0.4 is 15.4 Å². The zero-order valence-corrected chi connectivity index (χ0v) is 21.4. The van der Waals surface area contributed by atoms with Gasteiger partial charge in [-0.05, 0) is 74.0 Å². The van der Waals surface area contributed by atoms with Crippen LogP contribution in [0.2, 0.25) is 0 Å². The van der Waals surface area contributed by atoms with E-state index in [2.05, 4.69) is 15.6 Å². The molecule has 4 aliphatic rings. The van der Waals surface area contributed by atoms with Crippen LogP contribution >= 0.6 is 0 Å². The van der Waals surface area contributed by atoms with Gasteiger partial charge in [-0.3, -0.25) is 19.2 Å². The van der Waals surface area contributed by atoms with Gasteiger partial charge in [0.2, 0.25) is 11.8 Å². The van der Waals surface area contributed by atoms with Crippen molar-refractivity contribution < 1.29 is 29.0 Å². The fourth-order valence-electron chi connectivity index (χ4n) is 7.22. The maximum Gasteiger partial charge on any atom is 0.271 e. The van der Waals surface area contributed by atoms with Crippen molar-refractivity contribution in [2.45, 2.75) is 44.2 Å². The summed E-state index contributed by atoms with van der Waals surface area (Å²) >= 11 is 0. The summed E-state index contributed by atoms with van der Waals surface area (Å²) in [7, 11) is 1.58. The molecule has 4 N–H and O–H groups in total. The first kappa shape index (κ1) is 24.9. The summed E-state index contributed by atoms with van der Waals surface area (Å²) in [5.41, 5.74) is 1.16. The second kappa shape index (κ2) is 9.72. The molecule has 2 aromatic rings. The lowest BCUT2D eigenvalue weighted by molar-refractivity contribution is -0.134. The average molecular weight is 523 g/mol. The van der Waals surface area contributed by atoms with Gasteiger partial charge < -0.3 is 30.4 Å². The van der Waals surface area contributed by atoms with Crippen LogP contribution in [0.1, 0.15) is 42.6 Å². The van der Waals surface area contributed by atoms with Crippen LogP contribution in [0, 0.1) is 29.6 Å². The molecule has 2 aliphatic heterocycles. The number of carbonyl (C=O) groups is 4. The average Bonchev–Trinajstić information content (AvgIpc) is 3.25. The largest absolute Gasteiger partial charge is 0.496 e. The van der Waals surface area contributed by atoms with E-state index < -0.39 is 30.4 Å². The number of benzene rings is 1. The van der Waals surface area contributed by atoms with Gasteiger partial charge in [-0.2, -0.15) is 0 Å². The number of ether oxygens (including phenoxy) is 1. The molecule has 38 heavy (non-hydrogen) atoms. The molecule has 0 bridgehead atoms. The standard InChI is InChI=1S/C28H34N4O6/c1-38-24-6-2-5-20-18(24)11-22(30-20)28(37)32-12-19-16-8-15(16)9-17(19)25(32)27(36)31-21(23(34)13-33)10-14-4-3-7-29-26(14)35/h2,5-6,11,14-17,19,21,25,30,33H,3-4,7-10,12-13H2,1H3,(H,29,35)(H,31,36). The van der Waals surface area contributed by atoms with Crippen molar-refractivity contribution >= 4 is 34.4 Å². The molecule has 3 heterocycles. The Balaban J connectivity index is 1.26. The second-order valence-corrected chi connectivity index (χ2v) is 11.3. The Kier molecular flexibility index (Phi) is 6.37. The molecule has 0 radical (unpaired) electrons. The van der Waals surface area contributed by atoms with E-state index in [4.69, 9.17) is 4.74 Å². The minimum Gasteiger partial charge on any atom is -0.496 e. The molecule has 7 unspecified atom stereocenters. The third-order valence-electron chi connectivity index (χ3n) is 9.19. The smallest absolute Gasteiger partial charge is 0.271 e. The van der Waals surface area contributed by atoms with Crippen molar-refractivity contribution in [2.75, 3.05) is 26.8 Å². The number of hydrogen-bond donors (Lipinski definition) is 4. The summed E-state index contributed by atoms with van der Waals surface area (Å²) in [5.74, 6) is 0.384. The van der Waals surface area contributed by atoms with Gasteiger partial charge >= 0.3 is 0 Å². The van der Waals surface area contributed by atoms with Crippen molar-refractivity contribution in [3.05, 3.63) is 30.0 Å². The Morgan fingerprint density at radius 1 is 1.21 bits per heavy atom. The number of methoxy groups -OCH3 is 1. The second-order valence-electron chi connectivity index (χ2n) is 11.3. The summed E-state index contributed by atoms with van der Waals surface area (Å²) in [4.78, 5) is 57.4. The molecular weight excluding hydrogens is 488 g/mol. The monoisotopic (exact) mass is 522 g/mol. The number of aliphatic hydroxyl groups excluding tert-OH is 1. The number of H-pyrrole nitrogens is 1. The zero-order valence-electron chi connectivity index (χ0n) is 21.4. The molecule has 6 rings (SSSR count). The van der Waals surface area contributed by atoms with Gasteiger partial charge in [0.15, 0.2) is 5.78 Å². The number of rotatable bonds is 8. The van der Waals surface area contributed by atoms with Gasteiger partial charge in [-0.25, -0.2) is 0 Å². The molecule has 3 amide bonds. The summed E-state index contributed by atoms with van der Waals surface area (Å²) in [6.07, 6.45) is 3.60. The molecule has 2 saturated heterocycles. The molecule has 7 atom stereocenters. The number of carbonyl (C=O) groups excluding carboxylic acids is 4. The summed E-state index contributed by atoms with van der Waals surface area (Å²) in [5, 5.41) is 16.0. The normalized spacial score (nSPS) is 30.4. The number of fused-ring (bicyclic) bond motifs is 4. The number of nitrogens with zero attached hydrogens (tertiary/aromatic N) is 1. The van der Waals surface area contributed by atoms with E-state index in [9.17, 15) is 24.3 Å². The Labute approximate surface area is 220 Å². The molecule has 202 valence electrons. The summed E-state index contributed by atoms with van der Waals surface area (Å²) in [6.45, 7) is 0.378. The van der Waals surface area contributed by atoms with Crippen LogP contribution in [0.25, 0.3) is 10.9 Å². The van der Waals surface area contributed by atoms with Crippen LogP contribution in [0.5, 0.6) is 5.75 Å². The fraction of sp³-hybridized carbons (Fsp3) is 0.571. The number of piperidine rings is 1. The highest BCUT2D eigenvalue weighted by atomic mass is 16.5. The number of aromatic amines is 1. The predicted octanol–water partition coefficient (Wildman–Crippen LogP) is 1.24. The van der Waals surface area contributed by atoms with Crippen LogP contribution in [0.15, 0.2) is 24.3 Å². The van der Waals surface area contributed by atoms with Gasteiger partial charge in [-0.15, -0.1) is 0 Å². The minimum absolute atomic E-state index is 0.0319.